The van der Waals surface area contributed by atoms with E-state index >= 15 is 0 Å². The second-order valence-corrected chi connectivity index (χ2v) is 5.67. The third-order valence-corrected chi connectivity index (χ3v) is 3.55. The Bertz CT molecular complexity index is 608. The van der Waals surface area contributed by atoms with Gasteiger partial charge in [-0.1, -0.05) is 13.8 Å². The molecule has 106 valence electrons. The minimum absolute atomic E-state index is 0.679. The van der Waals surface area contributed by atoms with Crippen molar-refractivity contribution in [1.29, 1.82) is 0 Å². The van der Waals surface area contributed by atoms with Crippen molar-refractivity contribution in [2.75, 3.05) is 13.2 Å². The number of aromatic amines is 1. The van der Waals surface area contributed by atoms with Crippen LogP contribution in [-0.2, 0) is 18.3 Å². The van der Waals surface area contributed by atoms with Crippen LogP contribution in [0.15, 0.2) is 0 Å². The van der Waals surface area contributed by atoms with Gasteiger partial charge in [0.25, 0.3) is 0 Å². The molecule has 0 saturated carbocycles. The quantitative estimate of drug-likeness (QED) is 0.654. The predicted molar refractivity (Wildman–Crippen MR) is 78.9 cm³/mol. The standard InChI is InChI=1S/C13H22N4OS/c1-9(2)5-7-18-8-6-17-12-11(14-13(17)19)10(3)15-16(12)4/h9H,5-8H2,1-4H3,(H,14,19). The number of aromatic nitrogens is 4. The molecule has 2 aromatic rings. The number of hydrogen-bond donors (Lipinski definition) is 1. The largest absolute Gasteiger partial charge is 0.380 e. The molecule has 0 saturated heterocycles. The van der Waals surface area contributed by atoms with E-state index in [1.807, 2.05) is 18.7 Å². The number of fused-ring (bicyclic) bond motifs is 1. The molecular weight excluding hydrogens is 260 g/mol. The van der Waals surface area contributed by atoms with Crippen molar-refractivity contribution in [2.24, 2.45) is 13.0 Å². The third-order valence-electron chi connectivity index (χ3n) is 3.22. The van der Waals surface area contributed by atoms with Gasteiger partial charge in [0.05, 0.1) is 18.8 Å². The fourth-order valence-corrected chi connectivity index (χ4v) is 2.44. The number of nitrogens with zero attached hydrogens (tertiary/aromatic N) is 3. The van der Waals surface area contributed by atoms with Gasteiger partial charge in [0.1, 0.15) is 5.52 Å². The molecule has 0 unspecified atom stereocenters. The predicted octanol–water partition coefficient (Wildman–Crippen LogP) is 2.80. The van der Waals surface area contributed by atoms with E-state index in [2.05, 4.69) is 28.5 Å². The number of rotatable bonds is 6. The van der Waals surface area contributed by atoms with E-state index in [-0.39, 0.29) is 0 Å². The summed E-state index contributed by atoms with van der Waals surface area (Å²) in [5.74, 6) is 0.681. The summed E-state index contributed by atoms with van der Waals surface area (Å²) < 4.78 is 10.3. The average molecular weight is 282 g/mol. The third kappa shape index (κ3) is 3.06. The lowest BCUT2D eigenvalue weighted by atomic mass is 10.1. The van der Waals surface area contributed by atoms with Crippen LogP contribution in [0.25, 0.3) is 11.2 Å². The van der Waals surface area contributed by atoms with Crippen LogP contribution in [0, 0.1) is 17.6 Å². The van der Waals surface area contributed by atoms with Crippen molar-refractivity contribution < 1.29 is 4.74 Å². The highest BCUT2D eigenvalue weighted by molar-refractivity contribution is 7.71. The molecule has 6 heteroatoms. The summed E-state index contributed by atoms with van der Waals surface area (Å²) in [5, 5.41) is 4.40. The average Bonchev–Trinajstić information content (AvgIpc) is 2.78. The fraction of sp³-hybridized carbons (Fsp3) is 0.692. The van der Waals surface area contributed by atoms with Crippen LogP contribution < -0.4 is 0 Å². The molecule has 0 fully saturated rings. The second-order valence-electron chi connectivity index (χ2n) is 5.28. The second kappa shape index (κ2) is 5.88. The summed E-state index contributed by atoms with van der Waals surface area (Å²) in [6.45, 7) is 8.63. The van der Waals surface area contributed by atoms with Gasteiger partial charge in [-0.05, 0) is 31.5 Å². The maximum Gasteiger partial charge on any atom is 0.179 e. The highest BCUT2D eigenvalue weighted by Gasteiger charge is 2.12. The van der Waals surface area contributed by atoms with Gasteiger partial charge in [-0.2, -0.15) is 5.10 Å². The molecule has 5 nitrogen and oxygen atoms in total. The van der Waals surface area contributed by atoms with Gasteiger partial charge in [0, 0.05) is 13.7 Å². The number of hydrogen-bond acceptors (Lipinski definition) is 3. The van der Waals surface area contributed by atoms with Crippen molar-refractivity contribution >= 4 is 23.4 Å². The molecule has 1 N–H and O–H groups in total. The van der Waals surface area contributed by atoms with Crippen molar-refractivity contribution in [1.82, 2.24) is 19.3 Å². The van der Waals surface area contributed by atoms with Gasteiger partial charge < -0.3 is 9.72 Å². The summed E-state index contributed by atoms with van der Waals surface area (Å²) in [6.07, 6.45) is 1.10. The molecule has 0 aliphatic carbocycles. The Kier molecular flexibility index (Phi) is 4.42. The van der Waals surface area contributed by atoms with Crippen molar-refractivity contribution in [2.45, 2.75) is 33.7 Å². The zero-order chi connectivity index (χ0) is 14.0. The molecule has 2 heterocycles. The van der Waals surface area contributed by atoms with E-state index in [1.54, 1.807) is 0 Å². The van der Waals surface area contributed by atoms with E-state index in [1.165, 1.54) is 0 Å². The van der Waals surface area contributed by atoms with Gasteiger partial charge in [-0.15, -0.1) is 0 Å². The first-order chi connectivity index (χ1) is 9.00. The number of nitrogens with one attached hydrogen (secondary N) is 1. The number of ether oxygens (including phenoxy) is 1. The maximum atomic E-state index is 5.66. The van der Waals surface area contributed by atoms with E-state index in [4.69, 9.17) is 17.0 Å². The highest BCUT2D eigenvalue weighted by atomic mass is 32.1. The molecule has 0 amide bonds. The number of aryl methyl sites for hydroxylation is 2. The Morgan fingerprint density at radius 2 is 2.11 bits per heavy atom. The van der Waals surface area contributed by atoms with E-state index in [0.29, 0.717) is 12.5 Å². The topological polar surface area (TPSA) is 47.8 Å². The lowest BCUT2D eigenvalue weighted by Crippen LogP contribution is -2.10. The molecular formula is C13H22N4OS. The first kappa shape index (κ1) is 14.3. The molecule has 0 bridgehead atoms. The first-order valence-corrected chi connectivity index (χ1v) is 7.11. The molecule has 2 aromatic heterocycles. The fourth-order valence-electron chi connectivity index (χ4n) is 2.16. The van der Waals surface area contributed by atoms with Gasteiger partial charge in [0.2, 0.25) is 0 Å². The van der Waals surface area contributed by atoms with Crippen molar-refractivity contribution in [3.8, 4) is 0 Å². The normalized spacial score (nSPS) is 11.8. The Morgan fingerprint density at radius 1 is 1.37 bits per heavy atom. The summed E-state index contributed by atoms with van der Waals surface area (Å²) in [7, 11) is 1.94. The lowest BCUT2D eigenvalue weighted by molar-refractivity contribution is 0.116. The summed E-state index contributed by atoms with van der Waals surface area (Å²) in [5.41, 5.74) is 3.03. The molecule has 19 heavy (non-hydrogen) atoms. The highest BCUT2D eigenvalue weighted by Crippen LogP contribution is 2.16. The summed E-state index contributed by atoms with van der Waals surface area (Å²) >= 11 is 5.36. The Morgan fingerprint density at radius 3 is 2.79 bits per heavy atom. The molecule has 0 spiro atoms. The van der Waals surface area contributed by atoms with E-state index in [0.717, 1.165) is 41.2 Å². The minimum Gasteiger partial charge on any atom is -0.380 e. The van der Waals surface area contributed by atoms with Gasteiger partial charge in [-0.3, -0.25) is 9.25 Å². The van der Waals surface area contributed by atoms with Crippen LogP contribution in [0.2, 0.25) is 0 Å². The smallest absolute Gasteiger partial charge is 0.179 e. The number of imidazole rings is 1. The molecule has 0 atom stereocenters. The minimum atomic E-state index is 0.679. The lowest BCUT2D eigenvalue weighted by Gasteiger charge is -2.08. The molecule has 0 aliphatic rings. The Labute approximate surface area is 118 Å². The van der Waals surface area contributed by atoms with Gasteiger partial charge in [-0.25, -0.2) is 0 Å². The monoisotopic (exact) mass is 282 g/mol. The molecule has 0 aromatic carbocycles. The van der Waals surface area contributed by atoms with Gasteiger partial charge >= 0.3 is 0 Å². The van der Waals surface area contributed by atoms with E-state index < -0.39 is 0 Å². The molecule has 2 rings (SSSR count). The van der Waals surface area contributed by atoms with Crippen molar-refractivity contribution in [3.63, 3.8) is 0 Å². The zero-order valence-corrected chi connectivity index (χ0v) is 12.9. The van der Waals surface area contributed by atoms with Crippen LogP contribution in [0.3, 0.4) is 0 Å². The van der Waals surface area contributed by atoms with Crippen LogP contribution >= 0.6 is 12.2 Å². The first-order valence-electron chi connectivity index (χ1n) is 6.70. The van der Waals surface area contributed by atoms with Crippen molar-refractivity contribution in [3.05, 3.63) is 10.5 Å². The summed E-state index contributed by atoms with van der Waals surface area (Å²) in [6, 6.07) is 0. The Balaban J connectivity index is 2.04. The Hall–Kier alpha value is -1.14. The zero-order valence-electron chi connectivity index (χ0n) is 12.1. The van der Waals surface area contributed by atoms with Crippen LogP contribution in [0.4, 0.5) is 0 Å². The summed E-state index contributed by atoms with van der Waals surface area (Å²) in [4.78, 5) is 3.21. The van der Waals surface area contributed by atoms with Crippen LogP contribution in [0.1, 0.15) is 26.0 Å². The SMILES string of the molecule is Cc1nn(C)c2c1[nH]c(=S)n2CCOCCC(C)C. The molecule has 0 radical (unpaired) electrons. The number of H-pyrrole nitrogens is 1. The maximum absolute atomic E-state index is 5.66. The van der Waals surface area contributed by atoms with Gasteiger partial charge in [0.15, 0.2) is 10.4 Å². The van der Waals surface area contributed by atoms with Crippen LogP contribution in [0.5, 0.6) is 0 Å². The molecule has 0 aliphatic heterocycles. The van der Waals surface area contributed by atoms with E-state index in [9.17, 15) is 0 Å². The van der Waals surface area contributed by atoms with Crippen LogP contribution in [-0.4, -0.2) is 32.5 Å².